The number of hydrogen-bond donors (Lipinski definition) is 0. The molecule has 0 saturated heterocycles. The normalized spacial score (nSPS) is 12.6. The summed E-state index contributed by atoms with van der Waals surface area (Å²) in [7, 11) is 0. The van der Waals surface area contributed by atoms with Crippen molar-refractivity contribution in [2.24, 2.45) is 0 Å². The van der Waals surface area contributed by atoms with Gasteiger partial charge in [0.05, 0.1) is 0 Å². The lowest BCUT2D eigenvalue weighted by Crippen LogP contribution is -2.30. The molecule has 0 bridgehead atoms. The smallest absolute Gasteiger partial charge is 0.306 e. The van der Waals surface area contributed by atoms with Gasteiger partial charge >= 0.3 is 17.9 Å². The Labute approximate surface area is 408 Å². The van der Waals surface area contributed by atoms with Crippen LogP contribution in [-0.2, 0) is 28.6 Å². The molecule has 0 spiro atoms. The summed E-state index contributed by atoms with van der Waals surface area (Å²) in [5.74, 6) is -0.920. The fraction of sp³-hybridized carbons (Fsp3) is 0.750. The van der Waals surface area contributed by atoms with Crippen molar-refractivity contribution in [1.82, 2.24) is 0 Å². The lowest BCUT2D eigenvalue weighted by Gasteiger charge is -2.18. The maximum absolute atomic E-state index is 12.8. The largest absolute Gasteiger partial charge is 0.462 e. The van der Waals surface area contributed by atoms with Gasteiger partial charge in [0.15, 0.2) is 6.10 Å². The zero-order chi connectivity index (χ0) is 47.9. The van der Waals surface area contributed by atoms with E-state index < -0.39 is 6.10 Å². The molecule has 0 rings (SSSR count). The standard InChI is InChI=1S/C60H104O6/c1-4-7-10-13-16-19-22-25-28-30-31-33-35-38-41-44-47-50-53-59(62)65-56-57(55-64-58(61)52-49-46-43-40-37-34-27-24-21-18-15-12-9-6-3)66-60(63)54-51-48-45-42-39-36-32-29-26-23-20-17-14-11-8-5-2/h9,12,18,21-22,25,28-33,57H,4-8,10-11,13-17,19-20,23-24,26-27,34-56H2,1-3H3/b12-9-,21-18-,25-22-,30-28-,32-29-,33-31-. The summed E-state index contributed by atoms with van der Waals surface area (Å²) < 4.78 is 16.8. The summed E-state index contributed by atoms with van der Waals surface area (Å²) >= 11 is 0. The van der Waals surface area contributed by atoms with Crippen molar-refractivity contribution in [2.45, 2.75) is 277 Å². The number of carbonyl (C=O) groups is 3. The number of rotatable bonds is 50. The summed E-state index contributed by atoms with van der Waals surface area (Å²) in [6.07, 6.45) is 68.8. The van der Waals surface area contributed by atoms with E-state index in [1.807, 2.05) is 0 Å². The molecule has 0 saturated carbocycles. The molecule has 0 aromatic rings. The maximum atomic E-state index is 12.8. The van der Waals surface area contributed by atoms with E-state index >= 15 is 0 Å². The molecular weight excluding hydrogens is 817 g/mol. The second-order valence-electron chi connectivity index (χ2n) is 18.5. The highest BCUT2D eigenvalue weighted by atomic mass is 16.6. The highest BCUT2D eigenvalue weighted by Gasteiger charge is 2.19. The van der Waals surface area contributed by atoms with Crippen LogP contribution in [0.1, 0.15) is 271 Å². The molecule has 0 heterocycles. The highest BCUT2D eigenvalue weighted by molar-refractivity contribution is 5.71. The molecule has 0 aromatic heterocycles. The van der Waals surface area contributed by atoms with Gasteiger partial charge in [0.1, 0.15) is 13.2 Å². The first-order chi connectivity index (χ1) is 32.5. The highest BCUT2D eigenvalue weighted by Crippen LogP contribution is 2.14. The van der Waals surface area contributed by atoms with Crippen LogP contribution in [0, 0.1) is 0 Å². The van der Waals surface area contributed by atoms with Crippen molar-refractivity contribution in [1.29, 1.82) is 0 Å². The number of esters is 3. The van der Waals surface area contributed by atoms with Gasteiger partial charge in [-0.3, -0.25) is 14.4 Å². The van der Waals surface area contributed by atoms with Gasteiger partial charge in [-0.05, 0) is 96.3 Å². The Morgan fingerprint density at radius 1 is 0.333 bits per heavy atom. The molecule has 380 valence electrons. The van der Waals surface area contributed by atoms with E-state index in [-0.39, 0.29) is 31.1 Å². The molecule has 0 aliphatic heterocycles. The topological polar surface area (TPSA) is 78.9 Å². The van der Waals surface area contributed by atoms with Gasteiger partial charge in [0, 0.05) is 19.3 Å². The van der Waals surface area contributed by atoms with Crippen molar-refractivity contribution in [3.05, 3.63) is 72.9 Å². The molecule has 6 heteroatoms. The molecule has 0 aliphatic carbocycles. The number of carbonyl (C=O) groups excluding carboxylic acids is 3. The van der Waals surface area contributed by atoms with Crippen molar-refractivity contribution < 1.29 is 28.6 Å². The Hall–Kier alpha value is -3.15. The average molecular weight is 921 g/mol. The van der Waals surface area contributed by atoms with E-state index in [4.69, 9.17) is 14.2 Å². The molecule has 0 radical (unpaired) electrons. The average Bonchev–Trinajstić information content (AvgIpc) is 3.31. The fourth-order valence-corrected chi connectivity index (χ4v) is 7.77. The SMILES string of the molecule is CC/C=C\C/C=C\CCCCCCCCCC(=O)OCC(COC(=O)CCCCCCC\C=C/C=C\C=C/CCCCCCC)OC(=O)CCCCCCC/C=C\CCCCCCCCC. The lowest BCUT2D eigenvalue weighted by molar-refractivity contribution is -0.167. The monoisotopic (exact) mass is 921 g/mol. The van der Waals surface area contributed by atoms with Crippen LogP contribution < -0.4 is 0 Å². The number of allylic oxidation sites excluding steroid dienone is 12. The predicted octanol–water partition coefficient (Wildman–Crippen LogP) is 18.6. The third-order valence-electron chi connectivity index (χ3n) is 12.0. The Bertz CT molecular complexity index is 1240. The van der Waals surface area contributed by atoms with Crippen LogP contribution in [0.5, 0.6) is 0 Å². The van der Waals surface area contributed by atoms with E-state index in [0.717, 1.165) is 109 Å². The van der Waals surface area contributed by atoms with Crippen molar-refractivity contribution in [3.63, 3.8) is 0 Å². The van der Waals surface area contributed by atoms with Gasteiger partial charge in [-0.2, -0.15) is 0 Å². The molecule has 6 nitrogen and oxygen atoms in total. The molecule has 1 atom stereocenters. The Morgan fingerprint density at radius 3 is 1.05 bits per heavy atom. The van der Waals surface area contributed by atoms with Gasteiger partial charge in [0.25, 0.3) is 0 Å². The van der Waals surface area contributed by atoms with Crippen LogP contribution in [0.25, 0.3) is 0 Å². The molecule has 1 unspecified atom stereocenters. The number of unbranched alkanes of at least 4 members (excludes halogenated alkanes) is 29. The summed E-state index contributed by atoms with van der Waals surface area (Å²) in [5, 5.41) is 0. The third-order valence-corrected chi connectivity index (χ3v) is 12.0. The quantitative estimate of drug-likeness (QED) is 0.0199. The van der Waals surface area contributed by atoms with Crippen LogP contribution in [0.3, 0.4) is 0 Å². The minimum Gasteiger partial charge on any atom is -0.462 e. The summed E-state index contributed by atoms with van der Waals surface area (Å²) in [6.45, 7) is 6.50. The van der Waals surface area contributed by atoms with E-state index in [1.165, 1.54) is 122 Å². The van der Waals surface area contributed by atoms with E-state index in [9.17, 15) is 14.4 Å². The van der Waals surface area contributed by atoms with Crippen molar-refractivity contribution in [2.75, 3.05) is 13.2 Å². The predicted molar refractivity (Wildman–Crippen MR) is 284 cm³/mol. The minimum absolute atomic E-state index is 0.0895. The zero-order valence-corrected chi connectivity index (χ0v) is 43.4. The van der Waals surface area contributed by atoms with Gasteiger partial charge in [-0.15, -0.1) is 0 Å². The van der Waals surface area contributed by atoms with Gasteiger partial charge < -0.3 is 14.2 Å². The summed E-state index contributed by atoms with van der Waals surface area (Å²) in [4.78, 5) is 38.1. The van der Waals surface area contributed by atoms with Gasteiger partial charge in [0.2, 0.25) is 0 Å². The number of hydrogen-bond acceptors (Lipinski definition) is 6. The lowest BCUT2D eigenvalue weighted by atomic mass is 10.1. The first kappa shape index (κ1) is 62.8. The molecule has 0 N–H and O–H groups in total. The molecule has 0 fully saturated rings. The second kappa shape index (κ2) is 54.5. The molecule has 0 aromatic carbocycles. The Morgan fingerprint density at radius 2 is 0.652 bits per heavy atom. The maximum Gasteiger partial charge on any atom is 0.306 e. The van der Waals surface area contributed by atoms with Crippen molar-refractivity contribution in [3.8, 4) is 0 Å². The first-order valence-electron chi connectivity index (χ1n) is 28.0. The Balaban J connectivity index is 4.44. The van der Waals surface area contributed by atoms with Crippen LogP contribution >= 0.6 is 0 Å². The van der Waals surface area contributed by atoms with Gasteiger partial charge in [-0.1, -0.05) is 229 Å². The third kappa shape index (κ3) is 51.8. The molecule has 0 aliphatic rings. The van der Waals surface area contributed by atoms with E-state index in [1.54, 1.807) is 0 Å². The van der Waals surface area contributed by atoms with E-state index in [0.29, 0.717) is 19.3 Å². The van der Waals surface area contributed by atoms with Crippen LogP contribution in [0.15, 0.2) is 72.9 Å². The fourth-order valence-electron chi connectivity index (χ4n) is 7.77. The molecular formula is C60H104O6. The summed E-state index contributed by atoms with van der Waals surface area (Å²) in [6, 6.07) is 0. The second-order valence-corrected chi connectivity index (χ2v) is 18.5. The van der Waals surface area contributed by atoms with Crippen LogP contribution in [-0.4, -0.2) is 37.2 Å². The zero-order valence-electron chi connectivity index (χ0n) is 43.4. The van der Waals surface area contributed by atoms with Crippen LogP contribution in [0.2, 0.25) is 0 Å². The van der Waals surface area contributed by atoms with Crippen molar-refractivity contribution >= 4 is 17.9 Å². The Kier molecular flexibility index (Phi) is 51.9. The summed E-state index contributed by atoms with van der Waals surface area (Å²) in [5.41, 5.74) is 0. The van der Waals surface area contributed by atoms with Crippen LogP contribution in [0.4, 0.5) is 0 Å². The minimum atomic E-state index is -0.792. The first-order valence-corrected chi connectivity index (χ1v) is 28.0. The van der Waals surface area contributed by atoms with Gasteiger partial charge in [-0.25, -0.2) is 0 Å². The number of ether oxygens (including phenoxy) is 3. The molecule has 0 amide bonds. The van der Waals surface area contributed by atoms with E-state index in [2.05, 4.69) is 93.7 Å². The molecule has 66 heavy (non-hydrogen) atoms.